The van der Waals surface area contributed by atoms with Crippen molar-refractivity contribution < 1.29 is 9.84 Å². The molecule has 2 saturated heterocycles. The van der Waals surface area contributed by atoms with Crippen molar-refractivity contribution in [2.45, 2.75) is 110 Å². The number of hydrogen-bond acceptors (Lipinski definition) is 3. The SMILES string of the molecule is C[C@@H]1CC[C@]2(NC1)O[C@@H]1C[C@@H]3[C@@H]4CC[C@H]5C[C@H](O)CC[C@]5(C)[C@@H]4CC[C@]3(C)[C@@H]1[C@@H]2C. The zero-order chi connectivity index (χ0) is 20.9. The molecule has 0 aromatic rings. The molecule has 0 unspecified atom stereocenters. The predicted octanol–water partition coefficient (Wildman–Crippen LogP) is 5.37. The lowest BCUT2D eigenvalue weighted by molar-refractivity contribution is -0.140. The average Bonchev–Trinajstić information content (AvgIpc) is 3.16. The molecule has 1 spiro atoms. The van der Waals surface area contributed by atoms with Crippen LogP contribution in [0.2, 0.25) is 0 Å². The highest BCUT2D eigenvalue weighted by Gasteiger charge is 2.68. The van der Waals surface area contributed by atoms with E-state index in [0.717, 1.165) is 54.9 Å². The molecule has 30 heavy (non-hydrogen) atoms. The van der Waals surface area contributed by atoms with Gasteiger partial charge < -0.3 is 9.84 Å². The Labute approximate surface area is 184 Å². The van der Waals surface area contributed by atoms with Crippen molar-refractivity contribution in [2.24, 2.45) is 52.3 Å². The lowest BCUT2D eigenvalue weighted by atomic mass is 9.44. The summed E-state index contributed by atoms with van der Waals surface area (Å²) in [6, 6.07) is 0. The summed E-state index contributed by atoms with van der Waals surface area (Å²) in [5, 5.41) is 14.2. The number of aliphatic hydroxyl groups excluding tert-OH is 1. The molecule has 4 saturated carbocycles. The minimum absolute atomic E-state index is 0.0319. The lowest BCUT2D eigenvalue weighted by Crippen LogP contribution is -2.57. The van der Waals surface area contributed by atoms with Crippen molar-refractivity contribution in [3.05, 3.63) is 0 Å². The fourth-order valence-corrected chi connectivity index (χ4v) is 10.4. The van der Waals surface area contributed by atoms with E-state index in [1.165, 1.54) is 51.4 Å². The van der Waals surface area contributed by atoms with E-state index < -0.39 is 0 Å². The quantitative estimate of drug-likeness (QED) is 0.559. The van der Waals surface area contributed by atoms with Gasteiger partial charge in [0.2, 0.25) is 0 Å². The molecule has 0 bridgehead atoms. The number of ether oxygens (including phenoxy) is 1. The molecule has 2 aliphatic heterocycles. The number of fused-ring (bicyclic) bond motifs is 7. The van der Waals surface area contributed by atoms with Gasteiger partial charge in [-0.25, -0.2) is 0 Å². The topological polar surface area (TPSA) is 41.5 Å². The first-order chi connectivity index (χ1) is 14.3. The lowest BCUT2D eigenvalue weighted by Gasteiger charge is -2.61. The highest BCUT2D eigenvalue weighted by Crippen LogP contribution is 2.71. The fourth-order valence-electron chi connectivity index (χ4n) is 10.4. The minimum atomic E-state index is -0.0320. The van der Waals surface area contributed by atoms with Gasteiger partial charge in [0, 0.05) is 12.5 Å². The van der Waals surface area contributed by atoms with Crippen LogP contribution < -0.4 is 5.32 Å². The summed E-state index contributed by atoms with van der Waals surface area (Å²) in [5.41, 5.74) is 0.919. The van der Waals surface area contributed by atoms with Gasteiger partial charge in [-0.05, 0) is 111 Å². The Morgan fingerprint density at radius 3 is 2.43 bits per heavy atom. The Morgan fingerprint density at radius 2 is 1.67 bits per heavy atom. The van der Waals surface area contributed by atoms with E-state index in [4.69, 9.17) is 4.74 Å². The predicted molar refractivity (Wildman–Crippen MR) is 120 cm³/mol. The largest absolute Gasteiger partial charge is 0.393 e. The van der Waals surface area contributed by atoms with E-state index in [-0.39, 0.29) is 11.8 Å². The van der Waals surface area contributed by atoms with Gasteiger partial charge in [0.25, 0.3) is 0 Å². The van der Waals surface area contributed by atoms with Gasteiger partial charge in [-0.15, -0.1) is 0 Å². The number of rotatable bonds is 0. The van der Waals surface area contributed by atoms with Crippen LogP contribution in [0, 0.1) is 52.3 Å². The number of aliphatic hydroxyl groups is 1. The van der Waals surface area contributed by atoms with Crippen LogP contribution in [0.5, 0.6) is 0 Å². The number of hydrogen-bond donors (Lipinski definition) is 2. The van der Waals surface area contributed by atoms with Gasteiger partial charge in [0.05, 0.1) is 12.2 Å². The van der Waals surface area contributed by atoms with Crippen molar-refractivity contribution in [1.82, 2.24) is 5.32 Å². The molecule has 0 radical (unpaired) electrons. The highest BCUT2D eigenvalue weighted by molar-refractivity contribution is 5.16. The van der Waals surface area contributed by atoms with Crippen LogP contribution in [0.1, 0.15) is 91.9 Å². The van der Waals surface area contributed by atoms with Gasteiger partial charge in [0.1, 0.15) is 5.72 Å². The second kappa shape index (κ2) is 6.70. The molecule has 0 aromatic carbocycles. The van der Waals surface area contributed by atoms with Gasteiger partial charge in [-0.1, -0.05) is 27.7 Å². The van der Waals surface area contributed by atoms with Crippen LogP contribution in [0.15, 0.2) is 0 Å². The molecule has 3 heteroatoms. The molecule has 6 aliphatic rings. The maximum Gasteiger partial charge on any atom is 0.122 e. The van der Waals surface area contributed by atoms with Crippen LogP contribution in [0.25, 0.3) is 0 Å². The Morgan fingerprint density at radius 1 is 0.867 bits per heavy atom. The monoisotopic (exact) mass is 415 g/mol. The van der Waals surface area contributed by atoms with Crippen LogP contribution in [0.3, 0.4) is 0 Å². The molecule has 170 valence electrons. The molecule has 3 nitrogen and oxygen atoms in total. The molecule has 2 N–H and O–H groups in total. The van der Waals surface area contributed by atoms with E-state index >= 15 is 0 Å². The van der Waals surface area contributed by atoms with Crippen LogP contribution in [-0.2, 0) is 4.74 Å². The smallest absolute Gasteiger partial charge is 0.122 e. The van der Waals surface area contributed by atoms with Gasteiger partial charge in [-0.3, -0.25) is 5.32 Å². The average molecular weight is 416 g/mol. The van der Waals surface area contributed by atoms with E-state index in [1.807, 2.05) is 0 Å². The molecule has 0 aromatic heterocycles. The summed E-state index contributed by atoms with van der Waals surface area (Å²) < 4.78 is 7.01. The van der Waals surface area contributed by atoms with E-state index in [2.05, 4.69) is 33.0 Å². The third-order valence-corrected chi connectivity index (χ3v) is 12.1. The summed E-state index contributed by atoms with van der Waals surface area (Å²) in [6.45, 7) is 11.3. The van der Waals surface area contributed by atoms with Gasteiger partial charge >= 0.3 is 0 Å². The van der Waals surface area contributed by atoms with Crippen molar-refractivity contribution >= 4 is 0 Å². The van der Waals surface area contributed by atoms with Gasteiger partial charge in [-0.2, -0.15) is 0 Å². The standard InChI is InChI=1S/C27H45NO2/c1-16-7-12-27(28-15-16)17(2)24-23(30-27)14-22-20-6-5-18-13-19(29)8-10-25(18,3)21(20)9-11-26(22,24)4/h16-24,28-29H,5-15H2,1-4H3/t16-,17+,18+,19-,20-,21-,22-,23-,24-,25+,26+,27+/m1/s1. The van der Waals surface area contributed by atoms with Crippen LogP contribution >= 0.6 is 0 Å². The number of piperidine rings is 1. The summed E-state index contributed by atoms with van der Waals surface area (Å²) in [4.78, 5) is 0. The Balaban J connectivity index is 1.26. The molecule has 6 fully saturated rings. The Hall–Kier alpha value is -0.120. The Kier molecular flexibility index (Phi) is 4.58. The Bertz CT molecular complexity index is 686. The normalized spacial score (nSPS) is 62.5. The fraction of sp³-hybridized carbons (Fsp3) is 1.00. The second-order valence-electron chi connectivity index (χ2n) is 13.3. The third-order valence-electron chi connectivity index (χ3n) is 12.1. The minimum Gasteiger partial charge on any atom is -0.393 e. The summed E-state index contributed by atoms with van der Waals surface area (Å²) in [5.74, 6) is 5.57. The molecule has 2 heterocycles. The van der Waals surface area contributed by atoms with E-state index in [0.29, 0.717) is 22.9 Å². The molecule has 12 atom stereocenters. The van der Waals surface area contributed by atoms with E-state index in [9.17, 15) is 5.11 Å². The first kappa shape index (κ1) is 20.5. The number of nitrogens with one attached hydrogen (secondary N) is 1. The zero-order valence-corrected chi connectivity index (χ0v) is 19.8. The van der Waals surface area contributed by atoms with E-state index in [1.54, 1.807) is 0 Å². The first-order valence-corrected chi connectivity index (χ1v) is 13.4. The molecule has 6 rings (SSSR count). The maximum absolute atomic E-state index is 10.3. The highest BCUT2D eigenvalue weighted by atomic mass is 16.5. The van der Waals surface area contributed by atoms with Crippen molar-refractivity contribution in [2.75, 3.05) is 6.54 Å². The summed E-state index contributed by atoms with van der Waals surface area (Å²) >= 11 is 0. The van der Waals surface area contributed by atoms with Crippen LogP contribution in [0.4, 0.5) is 0 Å². The maximum atomic E-state index is 10.3. The third kappa shape index (κ3) is 2.61. The molecular formula is C27H45NO2. The first-order valence-electron chi connectivity index (χ1n) is 13.4. The molecule has 0 amide bonds. The van der Waals surface area contributed by atoms with Crippen molar-refractivity contribution in [3.63, 3.8) is 0 Å². The summed E-state index contributed by atoms with van der Waals surface area (Å²) in [7, 11) is 0. The van der Waals surface area contributed by atoms with Gasteiger partial charge in [0.15, 0.2) is 0 Å². The van der Waals surface area contributed by atoms with Crippen molar-refractivity contribution in [1.29, 1.82) is 0 Å². The zero-order valence-electron chi connectivity index (χ0n) is 19.8. The summed E-state index contributed by atoms with van der Waals surface area (Å²) in [6.07, 6.45) is 13.2. The van der Waals surface area contributed by atoms with Crippen LogP contribution in [-0.4, -0.2) is 29.6 Å². The molecular weight excluding hydrogens is 370 g/mol. The molecule has 4 aliphatic carbocycles. The second-order valence-corrected chi connectivity index (χ2v) is 13.3. The van der Waals surface area contributed by atoms with Crippen molar-refractivity contribution in [3.8, 4) is 0 Å².